The molecule has 0 aliphatic carbocycles. The van der Waals surface area contributed by atoms with Crippen LogP contribution < -0.4 is 0 Å². The first-order chi connectivity index (χ1) is 22.4. The van der Waals surface area contributed by atoms with Crippen molar-refractivity contribution in [3.8, 4) is 0 Å². The van der Waals surface area contributed by atoms with E-state index in [4.69, 9.17) is 9.16 Å². The van der Waals surface area contributed by atoms with Gasteiger partial charge in [-0.3, -0.25) is 4.79 Å². The van der Waals surface area contributed by atoms with Crippen LogP contribution in [-0.2, 0) is 18.8 Å². The van der Waals surface area contributed by atoms with Crippen molar-refractivity contribution in [1.82, 2.24) is 0 Å². The van der Waals surface area contributed by atoms with E-state index >= 15 is 0 Å². The summed E-state index contributed by atoms with van der Waals surface area (Å²) < 4.78 is 12.1. The Morgan fingerprint density at radius 3 is 1.11 bits per heavy atom. The van der Waals surface area contributed by atoms with Crippen molar-refractivity contribution in [3.63, 3.8) is 0 Å². The van der Waals surface area contributed by atoms with Crippen molar-refractivity contribution in [2.75, 3.05) is 6.61 Å². The minimum Gasteiger partial charge on any atom is -0.516 e. The van der Waals surface area contributed by atoms with E-state index in [9.17, 15) is 9.59 Å². The molecule has 0 rings (SSSR count). The standard InChI is InChI=1S/C41H80O4Si/c1-6-10-14-18-22-23-24-25-26-30-34-44-40(42)38-39(5)41(43)45-46(35-31-27-19-15-11-7-2,36-32-28-20-16-12-8-3)37-33-29-21-17-13-9-4/h5-38H2,1-4H3. The van der Waals surface area contributed by atoms with Gasteiger partial charge in [0.25, 0.3) is 8.32 Å². The molecule has 0 saturated heterocycles. The van der Waals surface area contributed by atoms with Crippen LogP contribution in [0.15, 0.2) is 12.2 Å². The molecule has 0 aromatic heterocycles. The van der Waals surface area contributed by atoms with Crippen LogP contribution in [0.4, 0.5) is 0 Å². The highest BCUT2D eigenvalue weighted by Gasteiger charge is 2.38. The molecule has 46 heavy (non-hydrogen) atoms. The molecule has 0 fully saturated rings. The maximum Gasteiger partial charge on any atom is 0.320 e. The van der Waals surface area contributed by atoms with E-state index in [0.29, 0.717) is 6.61 Å². The molecule has 0 heterocycles. The van der Waals surface area contributed by atoms with E-state index in [2.05, 4.69) is 34.3 Å². The lowest BCUT2D eigenvalue weighted by molar-refractivity contribution is -0.144. The first-order valence-electron chi connectivity index (χ1n) is 20.5. The second-order valence-corrected chi connectivity index (χ2v) is 18.4. The zero-order chi connectivity index (χ0) is 34.0. The van der Waals surface area contributed by atoms with Gasteiger partial charge in [-0.25, -0.2) is 4.79 Å². The quantitative estimate of drug-likeness (QED) is 0.0289. The van der Waals surface area contributed by atoms with Gasteiger partial charge >= 0.3 is 11.9 Å². The van der Waals surface area contributed by atoms with Crippen molar-refractivity contribution in [1.29, 1.82) is 0 Å². The summed E-state index contributed by atoms with van der Waals surface area (Å²) in [5.74, 6) is -0.668. The van der Waals surface area contributed by atoms with E-state index in [1.165, 1.54) is 148 Å². The fraction of sp³-hybridized carbons (Fsp3) is 0.902. The smallest absolute Gasteiger partial charge is 0.320 e. The first kappa shape index (κ1) is 44.9. The van der Waals surface area contributed by atoms with E-state index in [1.54, 1.807) is 0 Å². The number of carbonyl (C=O) groups is 2. The minimum absolute atomic E-state index is 0.0495. The largest absolute Gasteiger partial charge is 0.516 e. The molecule has 0 saturated carbocycles. The van der Waals surface area contributed by atoms with Gasteiger partial charge in [0.15, 0.2) is 0 Å². The molecular formula is C41H80O4Si. The molecule has 5 heteroatoms. The fourth-order valence-corrected chi connectivity index (χ4v) is 10.8. The molecule has 0 radical (unpaired) electrons. The second kappa shape index (κ2) is 33.8. The van der Waals surface area contributed by atoms with Crippen molar-refractivity contribution < 1.29 is 18.8 Å². The van der Waals surface area contributed by atoms with Gasteiger partial charge in [-0.1, -0.05) is 208 Å². The Bertz CT molecular complexity index is 666. The highest BCUT2D eigenvalue weighted by Crippen LogP contribution is 2.32. The molecule has 0 unspecified atom stereocenters. The Morgan fingerprint density at radius 1 is 0.457 bits per heavy atom. The summed E-state index contributed by atoms with van der Waals surface area (Å²) in [5, 5.41) is 0. The maximum absolute atomic E-state index is 13.5. The molecule has 0 aromatic carbocycles. The molecule has 0 atom stereocenters. The average molecular weight is 665 g/mol. The molecular weight excluding hydrogens is 585 g/mol. The third kappa shape index (κ3) is 28.0. The number of ether oxygens (including phenoxy) is 1. The van der Waals surface area contributed by atoms with Crippen molar-refractivity contribution in [2.24, 2.45) is 0 Å². The molecule has 4 nitrogen and oxygen atoms in total. The predicted octanol–water partition coefficient (Wildman–Crippen LogP) is 14.0. The summed E-state index contributed by atoms with van der Waals surface area (Å²) in [6, 6.07) is 3.18. The molecule has 272 valence electrons. The molecule has 0 aliphatic rings. The van der Waals surface area contributed by atoms with Gasteiger partial charge in [0.05, 0.1) is 13.0 Å². The van der Waals surface area contributed by atoms with E-state index in [-0.39, 0.29) is 23.9 Å². The third-order valence-electron chi connectivity index (χ3n) is 9.67. The average Bonchev–Trinajstić information content (AvgIpc) is 3.04. The molecule has 0 amide bonds. The highest BCUT2D eigenvalue weighted by molar-refractivity contribution is 6.75. The normalized spacial score (nSPS) is 11.6. The number of unbranched alkanes of at least 4 members (excludes halogenated alkanes) is 24. The Kier molecular flexibility index (Phi) is 33.0. The molecule has 0 spiro atoms. The monoisotopic (exact) mass is 665 g/mol. The van der Waals surface area contributed by atoms with Crippen LogP contribution in [0.2, 0.25) is 18.1 Å². The number of hydrogen-bond donors (Lipinski definition) is 0. The first-order valence-corrected chi connectivity index (χ1v) is 23.0. The SMILES string of the molecule is C=C(CC(=O)OCCCCCCCCCCCC)C(=O)O[Si](CCCCCCCC)(CCCCCCCC)CCCCCCCC. The Balaban J connectivity index is 4.96. The third-order valence-corrected chi connectivity index (χ3v) is 14.1. The summed E-state index contributed by atoms with van der Waals surface area (Å²) in [5.41, 5.74) is 0.277. The van der Waals surface area contributed by atoms with E-state index < -0.39 is 8.32 Å². The fourth-order valence-electron chi connectivity index (χ4n) is 6.55. The van der Waals surface area contributed by atoms with Crippen molar-refractivity contribution in [2.45, 2.75) is 232 Å². The Labute approximate surface area is 289 Å². The number of hydrogen-bond acceptors (Lipinski definition) is 4. The lowest BCUT2D eigenvalue weighted by Crippen LogP contribution is -2.41. The highest BCUT2D eigenvalue weighted by atomic mass is 28.4. The van der Waals surface area contributed by atoms with Gasteiger partial charge in [-0.15, -0.1) is 0 Å². The lowest BCUT2D eigenvalue weighted by Gasteiger charge is -2.32. The van der Waals surface area contributed by atoms with Crippen LogP contribution in [0.5, 0.6) is 0 Å². The van der Waals surface area contributed by atoms with Gasteiger partial charge in [0.1, 0.15) is 0 Å². The van der Waals surface area contributed by atoms with Crippen LogP contribution in [0, 0.1) is 0 Å². The van der Waals surface area contributed by atoms with Gasteiger partial charge in [-0.05, 0) is 24.6 Å². The van der Waals surface area contributed by atoms with Crippen molar-refractivity contribution in [3.05, 3.63) is 12.2 Å². The topological polar surface area (TPSA) is 52.6 Å². The summed E-state index contributed by atoms with van der Waals surface area (Å²) in [6.45, 7) is 13.5. The van der Waals surface area contributed by atoms with Gasteiger partial charge in [-0.2, -0.15) is 0 Å². The number of rotatable bonds is 36. The van der Waals surface area contributed by atoms with E-state index in [0.717, 1.165) is 50.2 Å². The summed E-state index contributed by atoms with van der Waals surface area (Å²) in [6.07, 6.45) is 35.0. The van der Waals surface area contributed by atoms with Gasteiger partial charge in [0.2, 0.25) is 0 Å². The van der Waals surface area contributed by atoms with Crippen LogP contribution in [0.25, 0.3) is 0 Å². The summed E-state index contributed by atoms with van der Waals surface area (Å²) in [4.78, 5) is 26.1. The number of carbonyl (C=O) groups excluding carboxylic acids is 2. The van der Waals surface area contributed by atoms with Crippen molar-refractivity contribution >= 4 is 20.3 Å². The van der Waals surface area contributed by atoms with Gasteiger partial charge in [0, 0.05) is 5.57 Å². The zero-order valence-corrected chi connectivity index (χ0v) is 32.7. The minimum atomic E-state index is -2.30. The molecule has 0 bridgehead atoms. The molecule has 0 N–H and O–H groups in total. The van der Waals surface area contributed by atoms with Crippen LogP contribution in [0.3, 0.4) is 0 Å². The Hall–Kier alpha value is -1.10. The van der Waals surface area contributed by atoms with Gasteiger partial charge < -0.3 is 9.16 Å². The second-order valence-electron chi connectivity index (χ2n) is 14.3. The zero-order valence-electron chi connectivity index (χ0n) is 31.7. The van der Waals surface area contributed by atoms with Crippen LogP contribution in [0.1, 0.15) is 214 Å². The number of esters is 1. The van der Waals surface area contributed by atoms with Crippen LogP contribution >= 0.6 is 0 Å². The van der Waals surface area contributed by atoms with Crippen LogP contribution in [-0.4, -0.2) is 26.9 Å². The predicted molar refractivity (Wildman–Crippen MR) is 203 cm³/mol. The lowest BCUT2D eigenvalue weighted by atomic mass is 10.1. The maximum atomic E-state index is 13.5. The summed E-state index contributed by atoms with van der Waals surface area (Å²) in [7, 11) is -2.30. The summed E-state index contributed by atoms with van der Waals surface area (Å²) >= 11 is 0. The molecule has 0 aliphatic heterocycles. The Morgan fingerprint density at radius 2 is 0.761 bits per heavy atom. The van der Waals surface area contributed by atoms with E-state index in [1.807, 2.05) is 0 Å². The molecule has 0 aromatic rings.